The summed E-state index contributed by atoms with van der Waals surface area (Å²) in [6, 6.07) is 0. The van der Waals surface area contributed by atoms with Crippen molar-refractivity contribution in [3.05, 3.63) is 0 Å². The largest absolute Gasteiger partial charge is 0.481 e. The van der Waals surface area contributed by atoms with Crippen LogP contribution in [0.5, 0.6) is 0 Å². The molecule has 0 bridgehead atoms. The van der Waals surface area contributed by atoms with E-state index < -0.39 is 24.1 Å². The average Bonchev–Trinajstić information content (AvgIpc) is 2.34. The third-order valence-corrected chi connectivity index (χ3v) is 2.99. The second-order valence-electron chi connectivity index (χ2n) is 5.89. The summed E-state index contributed by atoms with van der Waals surface area (Å²) in [5.74, 6) is -2.22. The maximum atomic E-state index is 10.9. The third-order valence-electron chi connectivity index (χ3n) is 2.99. The number of aliphatic carboxylic acids is 1. The van der Waals surface area contributed by atoms with Gasteiger partial charge in [-0.05, 0) is 13.8 Å². The van der Waals surface area contributed by atoms with Gasteiger partial charge in [0.05, 0.1) is 18.9 Å². The SMILES string of the molecule is CC(=O)OC(CC(=O)O)CC(C)O.CC(=O)O[C@H]1CC(=O)OC(C)C1. The van der Waals surface area contributed by atoms with Gasteiger partial charge in [-0.3, -0.25) is 19.2 Å². The first-order valence-electron chi connectivity index (χ1n) is 7.93. The van der Waals surface area contributed by atoms with Crippen LogP contribution in [-0.4, -0.2) is 58.5 Å². The van der Waals surface area contributed by atoms with Crippen molar-refractivity contribution < 1.29 is 43.6 Å². The number of hydrogen-bond acceptors (Lipinski definition) is 8. The van der Waals surface area contributed by atoms with Gasteiger partial charge in [0.1, 0.15) is 18.3 Å². The minimum atomic E-state index is -1.05. The van der Waals surface area contributed by atoms with E-state index in [1.807, 2.05) is 0 Å². The number of ether oxygens (including phenoxy) is 3. The van der Waals surface area contributed by atoms with Crippen LogP contribution in [0.15, 0.2) is 0 Å². The Labute approximate surface area is 146 Å². The van der Waals surface area contributed by atoms with Gasteiger partial charge in [-0.2, -0.15) is 0 Å². The molecule has 1 saturated heterocycles. The Morgan fingerprint density at radius 2 is 1.88 bits per heavy atom. The fraction of sp³-hybridized carbons (Fsp3) is 0.750. The molecule has 0 amide bonds. The molecule has 1 aliphatic rings. The molecule has 0 radical (unpaired) electrons. The van der Waals surface area contributed by atoms with Gasteiger partial charge in [0.15, 0.2) is 0 Å². The molecule has 0 aliphatic carbocycles. The van der Waals surface area contributed by atoms with E-state index in [-0.39, 0.29) is 43.4 Å². The van der Waals surface area contributed by atoms with Crippen LogP contribution in [-0.2, 0) is 33.4 Å². The second-order valence-corrected chi connectivity index (χ2v) is 5.89. The van der Waals surface area contributed by atoms with E-state index in [1.54, 1.807) is 6.92 Å². The number of carbonyl (C=O) groups excluding carboxylic acids is 3. The fourth-order valence-corrected chi connectivity index (χ4v) is 2.27. The summed E-state index contributed by atoms with van der Waals surface area (Å²) in [7, 11) is 0. The number of carbonyl (C=O) groups is 4. The molecule has 0 spiro atoms. The fourth-order valence-electron chi connectivity index (χ4n) is 2.27. The van der Waals surface area contributed by atoms with Gasteiger partial charge in [-0.25, -0.2) is 0 Å². The highest BCUT2D eigenvalue weighted by Crippen LogP contribution is 2.17. The zero-order valence-electron chi connectivity index (χ0n) is 14.9. The summed E-state index contributed by atoms with van der Waals surface area (Å²) in [5, 5.41) is 17.4. The average molecular weight is 362 g/mol. The highest BCUT2D eigenvalue weighted by molar-refractivity contribution is 5.72. The Balaban J connectivity index is 0.000000462. The number of aliphatic hydroxyl groups excluding tert-OH is 1. The topological polar surface area (TPSA) is 136 Å². The second kappa shape index (κ2) is 11.4. The zero-order chi connectivity index (χ0) is 19.6. The van der Waals surface area contributed by atoms with E-state index in [0.29, 0.717) is 6.42 Å². The van der Waals surface area contributed by atoms with E-state index in [4.69, 9.17) is 24.4 Å². The van der Waals surface area contributed by atoms with Crippen LogP contribution >= 0.6 is 0 Å². The minimum Gasteiger partial charge on any atom is -0.481 e. The predicted molar refractivity (Wildman–Crippen MR) is 84.4 cm³/mol. The highest BCUT2D eigenvalue weighted by Gasteiger charge is 2.27. The van der Waals surface area contributed by atoms with Crippen LogP contribution in [0, 0.1) is 0 Å². The maximum Gasteiger partial charge on any atom is 0.309 e. The van der Waals surface area contributed by atoms with Crippen molar-refractivity contribution in [2.75, 3.05) is 0 Å². The molecule has 1 fully saturated rings. The lowest BCUT2D eigenvalue weighted by molar-refractivity contribution is -0.167. The van der Waals surface area contributed by atoms with E-state index in [0.717, 1.165) is 0 Å². The van der Waals surface area contributed by atoms with Crippen molar-refractivity contribution in [1.82, 2.24) is 0 Å². The molecule has 1 heterocycles. The molecule has 0 aromatic heterocycles. The van der Waals surface area contributed by atoms with Gasteiger partial charge >= 0.3 is 23.9 Å². The standard InChI is InChI=1S/C8H14O5.C8H12O4/c1-5(9)3-7(4-8(11)12)13-6(2)10;1-5-3-7(12-6(2)9)4-8(10)11-5/h5,7,9H,3-4H2,1-2H3,(H,11,12);5,7H,3-4H2,1-2H3/t;5?,7-/m.1/s1. The Kier molecular flexibility index (Phi) is 10.4. The summed E-state index contributed by atoms with van der Waals surface area (Å²) >= 11 is 0. The Bertz CT molecular complexity index is 454. The zero-order valence-corrected chi connectivity index (χ0v) is 14.9. The van der Waals surface area contributed by atoms with E-state index in [1.165, 1.54) is 20.8 Å². The van der Waals surface area contributed by atoms with Gasteiger partial charge in [0.25, 0.3) is 0 Å². The first kappa shape index (κ1) is 22.8. The minimum absolute atomic E-state index is 0.143. The lowest BCUT2D eigenvalue weighted by Crippen LogP contribution is -2.33. The molecule has 9 nitrogen and oxygen atoms in total. The van der Waals surface area contributed by atoms with Crippen LogP contribution in [0.2, 0.25) is 0 Å². The number of esters is 3. The van der Waals surface area contributed by atoms with Crippen molar-refractivity contribution >= 4 is 23.9 Å². The molecule has 1 aliphatic heterocycles. The predicted octanol–water partition coefficient (Wildman–Crippen LogP) is 0.807. The summed E-state index contributed by atoms with van der Waals surface area (Å²) in [6.07, 6.45) is -1.20. The first-order valence-corrected chi connectivity index (χ1v) is 7.93. The van der Waals surface area contributed by atoms with Crippen molar-refractivity contribution in [3.63, 3.8) is 0 Å². The number of cyclic esters (lactones) is 1. The number of carboxylic acids is 1. The van der Waals surface area contributed by atoms with Gasteiger partial charge in [0, 0.05) is 26.7 Å². The Morgan fingerprint density at radius 3 is 2.28 bits per heavy atom. The maximum absolute atomic E-state index is 10.9. The molecule has 1 rings (SSSR count). The summed E-state index contributed by atoms with van der Waals surface area (Å²) < 4.78 is 14.5. The monoisotopic (exact) mass is 362 g/mol. The lowest BCUT2D eigenvalue weighted by Gasteiger charge is -2.25. The quantitative estimate of drug-likeness (QED) is 0.519. The van der Waals surface area contributed by atoms with E-state index in [2.05, 4.69) is 0 Å². The van der Waals surface area contributed by atoms with E-state index in [9.17, 15) is 19.2 Å². The molecule has 0 aromatic carbocycles. The molecule has 9 heteroatoms. The van der Waals surface area contributed by atoms with Crippen LogP contribution < -0.4 is 0 Å². The van der Waals surface area contributed by atoms with E-state index >= 15 is 0 Å². The highest BCUT2D eigenvalue weighted by atomic mass is 16.6. The Morgan fingerprint density at radius 1 is 1.28 bits per heavy atom. The summed E-state index contributed by atoms with van der Waals surface area (Å²) in [4.78, 5) is 42.2. The number of rotatable bonds is 6. The van der Waals surface area contributed by atoms with Gasteiger partial charge in [-0.1, -0.05) is 0 Å². The van der Waals surface area contributed by atoms with Gasteiger partial charge in [-0.15, -0.1) is 0 Å². The molecule has 144 valence electrons. The van der Waals surface area contributed by atoms with Crippen LogP contribution in [0.4, 0.5) is 0 Å². The molecule has 4 atom stereocenters. The lowest BCUT2D eigenvalue weighted by atomic mass is 10.1. The molecule has 0 saturated carbocycles. The van der Waals surface area contributed by atoms with Crippen molar-refractivity contribution in [3.8, 4) is 0 Å². The van der Waals surface area contributed by atoms with Crippen LogP contribution in [0.1, 0.15) is 53.4 Å². The van der Waals surface area contributed by atoms with Crippen LogP contribution in [0.25, 0.3) is 0 Å². The smallest absolute Gasteiger partial charge is 0.309 e. The van der Waals surface area contributed by atoms with Crippen molar-refractivity contribution in [1.29, 1.82) is 0 Å². The van der Waals surface area contributed by atoms with Crippen LogP contribution in [0.3, 0.4) is 0 Å². The summed E-state index contributed by atoms with van der Waals surface area (Å²) in [5.41, 5.74) is 0. The number of aliphatic hydroxyl groups is 1. The molecular formula is C16H26O9. The van der Waals surface area contributed by atoms with Gasteiger partial charge in [0.2, 0.25) is 0 Å². The molecule has 0 aromatic rings. The Hall–Kier alpha value is -2.16. The molecule has 2 N–H and O–H groups in total. The molecular weight excluding hydrogens is 336 g/mol. The van der Waals surface area contributed by atoms with Crippen molar-refractivity contribution in [2.45, 2.75) is 77.8 Å². The van der Waals surface area contributed by atoms with Gasteiger partial charge < -0.3 is 24.4 Å². The molecule has 3 unspecified atom stereocenters. The number of hydrogen-bond donors (Lipinski definition) is 2. The summed E-state index contributed by atoms with van der Waals surface area (Å²) in [6.45, 7) is 5.84. The molecule has 25 heavy (non-hydrogen) atoms. The van der Waals surface area contributed by atoms with Crippen molar-refractivity contribution in [2.24, 2.45) is 0 Å². The first-order chi connectivity index (χ1) is 11.5. The normalized spacial score (nSPS) is 21.7. The number of carboxylic acid groups (broad SMARTS) is 1. The third kappa shape index (κ3) is 12.9.